The van der Waals surface area contributed by atoms with E-state index >= 15 is 0 Å². The van der Waals surface area contributed by atoms with Crippen molar-refractivity contribution >= 4 is 50.5 Å². The Morgan fingerprint density at radius 2 is 1.87 bits per heavy atom. The predicted molar refractivity (Wildman–Crippen MR) is 155 cm³/mol. The molecule has 1 amide bonds. The van der Waals surface area contributed by atoms with Crippen LogP contribution in [0.15, 0.2) is 89.7 Å². The second-order valence-electron chi connectivity index (χ2n) is 8.64. The summed E-state index contributed by atoms with van der Waals surface area (Å²) in [5.74, 6) is 0.254. The van der Waals surface area contributed by atoms with Gasteiger partial charge in [-0.05, 0) is 78.9 Å². The van der Waals surface area contributed by atoms with Gasteiger partial charge in [0.1, 0.15) is 18.4 Å². The van der Waals surface area contributed by atoms with Crippen LogP contribution in [-0.4, -0.2) is 41.4 Å². The van der Waals surface area contributed by atoms with Gasteiger partial charge >= 0.3 is 0 Å². The van der Waals surface area contributed by atoms with E-state index in [9.17, 15) is 4.79 Å². The van der Waals surface area contributed by atoms with Crippen LogP contribution in [0.3, 0.4) is 0 Å². The van der Waals surface area contributed by atoms with Crippen LogP contribution in [0.5, 0.6) is 5.75 Å². The van der Waals surface area contributed by atoms with E-state index in [1.807, 2.05) is 60.8 Å². The molecule has 1 aliphatic rings. The van der Waals surface area contributed by atoms with Crippen molar-refractivity contribution in [2.45, 2.75) is 12.1 Å². The number of carbonyl (C=O) groups excluding carboxylic acids is 1. The maximum atomic E-state index is 12.3. The Balaban J connectivity index is 1.62. The lowest BCUT2D eigenvalue weighted by atomic mass is 10.0. The highest BCUT2D eigenvalue weighted by atomic mass is 79.9. The van der Waals surface area contributed by atoms with Crippen LogP contribution in [0.25, 0.3) is 5.69 Å². The molecule has 0 unspecified atom stereocenters. The van der Waals surface area contributed by atoms with Crippen molar-refractivity contribution in [1.82, 2.24) is 14.9 Å². The molecular formula is C28H26BrN5O3S. The SMILES string of the molecule is COCC(=O)Nc1cc(N2C(=S)N[C@H](c3ccccn3)[C@@H]2c2cccn2-c2ccc(Br)cc2)ccc1OC. The molecule has 5 rings (SSSR count). The fourth-order valence-electron chi connectivity index (χ4n) is 4.67. The molecule has 0 spiro atoms. The number of nitrogens with zero attached hydrogens (tertiary/aromatic N) is 3. The van der Waals surface area contributed by atoms with Crippen LogP contribution in [-0.2, 0) is 9.53 Å². The smallest absolute Gasteiger partial charge is 0.250 e. The van der Waals surface area contributed by atoms with Crippen LogP contribution in [0.4, 0.5) is 11.4 Å². The first kappa shape index (κ1) is 25.9. The lowest BCUT2D eigenvalue weighted by Crippen LogP contribution is -2.30. The minimum absolute atomic E-state index is 0.0673. The number of pyridine rings is 1. The normalized spacial score (nSPS) is 16.8. The van der Waals surface area contributed by atoms with Crippen LogP contribution in [0.1, 0.15) is 23.5 Å². The number of aromatic nitrogens is 2. The number of benzene rings is 2. The van der Waals surface area contributed by atoms with Gasteiger partial charge in [0, 0.05) is 41.0 Å². The molecular weight excluding hydrogens is 566 g/mol. The van der Waals surface area contributed by atoms with Crippen LogP contribution in [0.2, 0.25) is 0 Å². The summed E-state index contributed by atoms with van der Waals surface area (Å²) in [6.07, 6.45) is 3.82. The molecule has 2 aromatic heterocycles. The van der Waals surface area contributed by atoms with Crippen LogP contribution < -0.4 is 20.3 Å². The largest absolute Gasteiger partial charge is 0.495 e. The second kappa shape index (κ2) is 11.3. The van der Waals surface area contributed by atoms with Crippen molar-refractivity contribution in [2.75, 3.05) is 31.0 Å². The number of methoxy groups -OCH3 is 2. The third kappa shape index (κ3) is 5.15. The fraction of sp³-hybridized carbons (Fsp3) is 0.179. The molecule has 1 aliphatic heterocycles. The molecule has 2 atom stereocenters. The first-order chi connectivity index (χ1) is 18.5. The molecule has 0 radical (unpaired) electrons. The molecule has 8 nitrogen and oxygen atoms in total. The predicted octanol–water partition coefficient (Wildman–Crippen LogP) is 5.41. The Labute approximate surface area is 234 Å². The molecule has 38 heavy (non-hydrogen) atoms. The lowest BCUT2D eigenvalue weighted by molar-refractivity contribution is -0.119. The van der Waals surface area contributed by atoms with Crippen LogP contribution in [0, 0.1) is 0 Å². The zero-order valence-corrected chi connectivity index (χ0v) is 23.2. The number of hydrogen-bond donors (Lipinski definition) is 2. The first-order valence-corrected chi connectivity index (χ1v) is 13.1. The molecule has 0 aliphatic carbocycles. The van der Waals surface area contributed by atoms with Gasteiger partial charge in [-0.1, -0.05) is 22.0 Å². The average Bonchev–Trinajstić information content (AvgIpc) is 3.54. The molecule has 2 aromatic carbocycles. The van der Waals surface area contributed by atoms with Crippen molar-refractivity contribution in [2.24, 2.45) is 0 Å². The standard InChI is InChI=1S/C28H26BrN5O3S/c1-36-17-25(35)31-22-16-20(12-13-24(22)37-2)34-27(26(32-28(34)38)21-6-3-4-14-30-21)23-7-5-15-33(23)19-10-8-18(29)9-11-19/h3-16,26-27H,17H2,1-2H3,(H,31,35)(H,32,38)/t26-,27+/m1/s1. The van der Waals surface area contributed by atoms with Crippen molar-refractivity contribution in [1.29, 1.82) is 0 Å². The Bertz CT molecular complexity index is 1440. The Hall–Kier alpha value is -3.73. The number of nitrogens with one attached hydrogen (secondary N) is 2. The number of amides is 1. The Morgan fingerprint density at radius 1 is 1.08 bits per heavy atom. The first-order valence-electron chi connectivity index (χ1n) is 11.9. The number of hydrogen-bond acceptors (Lipinski definition) is 5. The van der Waals surface area contributed by atoms with Gasteiger partial charge in [-0.25, -0.2) is 0 Å². The average molecular weight is 593 g/mol. The highest BCUT2D eigenvalue weighted by Crippen LogP contribution is 2.43. The van der Waals surface area contributed by atoms with Crippen molar-refractivity contribution in [3.63, 3.8) is 0 Å². The Morgan fingerprint density at radius 3 is 2.58 bits per heavy atom. The van der Waals surface area contributed by atoms with E-state index < -0.39 is 0 Å². The Kier molecular flexibility index (Phi) is 7.73. The third-order valence-corrected chi connectivity index (χ3v) is 7.14. The van der Waals surface area contributed by atoms with E-state index in [1.54, 1.807) is 13.3 Å². The number of rotatable bonds is 8. The van der Waals surface area contributed by atoms with Gasteiger partial charge < -0.3 is 29.6 Å². The van der Waals surface area contributed by atoms with Gasteiger partial charge in [-0.15, -0.1) is 0 Å². The molecule has 194 valence electrons. The molecule has 2 N–H and O–H groups in total. The number of anilines is 2. The fourth-order valence-corrected chi connectivity index (χ4v) is 5.28. The number of halogens is 1. The summed E-state index contributed by atoms with van der Waals surface area (Å²) in [7, 11) is 3.04. The molecule has 1 fully saturated rings. The molecule has 0 saturated carbocycles. The topological polar surface area (TPSA) is 80.7 Å². The summed E-state index contributed by atoms with van der Waals surface area (Å²) < 4.78 is 13.6. The van der Waals surface area contributed by atoms with E-state index in [-0.39, 0.29) is 24.6 Å². The minimum atomic E-state index is -0.280. The van der Waals surface area contributed by atoms with Crippen LogP contribution >= 0.6 is 28.1 Å². The summed E-state index contributed by atoms with van der Waals surface area (Å²) in [6.45, 7) is -0.0673. The second-order valence-corrected chi connectivity index (χ2v) is 9.94. The van der Waals surface area contributed by atoms with Crippen molar-refractivity contribution in [3.8, 4) is 11.4 Å². The number of carbonyl (C=O) groups is 1. The van der Waals surface area contributed by atoms with Gasteiger partial charge in [0.05, 0.1) is 24.5 Å². The summed E-state index contributed by atoms with van der Waals surface area (Å²) >= 11 is 9.42. The molecule has 1 saturated heterocycles. The lowest BCUT2D eigenvalue weighted by Gasteiger charge is -2.29. The van der Waals surface area contributed by atoms with Gasteiger partial charge in [0.25, 0.3) is 0 Å². The number of thiocarbonyl (C=S) groups is 1. The van der Waals surface area contributed by atoms with E-state index in [0.717, 1.165) is 27.2 Å². The van der Waals surface area contributed by atoms with Gasteiger partial charge in [-0.2, -0.15) is 0 Å². The van der Waals surface area contributed by atoms with E-state index in [0.29, 0.717) is 16.5 Å². The third-order valence-electron chi connectivity index (χ3n) is 6.30. The summed E-state index contributed by atoms with van der Waals surface area (Å²) in [5, 5.41) is 6.91. The van der Waals surface area contributed by atoms with E-state index in [1.165, 1.54) is 7.11 Å². The van der Waals surface area contributed by atoms with E-state index in [2.05, 4.69) is 59.2 Å². The summed E-state index contributed by atoms with van der Waals surface area (Å²) in [5.41, 5.74) is 4.23. The molecule has 3 heterocycles. The molecule has 0 bridgehead atoms. The zero-order valence-electron chi connectivity index (χ0n) is 20.8. The number of ether oxygens (including phenoxy) is 2. The maximum Gasteiger partial charge on any atom is 0.250 e. The minimum Gasteiger partial charge on any atom is -0.495 e. The van der Waals surface area contributed by atoms with Gasteiger partial charge in [0.15, 0.2) is 5.11 Å². The maximum absolute atomic E-state index is 12.3. The monoisotopic (exact) mass is 591 g/mol. The van der Waals surface area contributed by atoms with E-state index in [4.69, 9.17) is 21.7 Å². The summed E-state index contributed by atoms with van der Waals surface area (Å²) in [6, 6.07) is 23.3. The zero-order chi connectivity index (χ0) is 26.6. The highest BCUT2D eigenvalue weighted by molar-refractivity contribution is 9.10. The quantitative estimate of drug-likeness (QED) is 0.265. The molecule has 4 aromatic rings. The summed E-state index contributed by atoms with van der Waals surface area (Å²) in [4.78, 5) is 19.0. The van der Waals surface area contributed by atoms with Gasteiger partial charge in [-0.3, -0.25) is 9.78 Å². The van der Waals surface area contributed by atoms with Crippen molar-refractivity contribution < 1.29 is 14.3 Å². The highest BCUT2D eigenvalue weighted by Gasteiger charge is 2.42. The van der Waals surface area contributed by atoms with Gasteiger partial charge in [0.2, 0.25) is 5.91 Å². The van der Waals surface area contributed by atoms with Crippen molar-refractivity contribution in [3.05, 3.63) is 101 Å². The molecule has 10 heteroatoms.